The molecule has 0 bridgehead atoms. The summed E-state index contributed by atoms with van der Waals surface area (Å²) in [6.07, 6.45) is 1.27. The molecule has 10 heteroatoms. The molecule has 0 spiro atoms. The average Bonchev–Trinajstić information content (AvgIpc) is 3.46. The quantitative estimate of drug-likeness (QED) is 0.362. The number of piperidine rings is 1. The van der Waals surface area contributed by atoms with E-state index in [1.807, 2.05) is 48.9 Å². The maximum Gasteiger partial charge on any atom is 0.243 e. The molecule has 2 aromatic heterocycles. The number of fused-ring (bicyclic) bond motifs is 1. The van der Waals surface area contributed by atoms with Crippen LogP contribution < -0.4 is 4.90 Å². The zero-order valence-electron chi connectivity index (χ0n) is 20.4. The number of carbonyl (C=O) groups is 1. The molecule has 188 valence electrons. The third-order valence-corrected chi connectivity index (χ3v) is 9.47. The normalized spacial score (nSPS) is 16.9. The smallest absolute Gasteiger partial charge is 0.243 e. The number of hydrogen-bond acceptors (Lipinski definition) is 6. The number of amides is 1. The molecule has 1 saturated heterocycles. The Bertz CT molecular complexity index is 1450. The van der Waals surface area contributed by atoms with Crippen LogP contribution in [0.5, 0.6) is 0 Å². The first-order valence-electron chi connectivity index (χ1n) is 12.1. The van der Waals surface area contributed by atoms with E-state index in [0.29, 0.717) is 37.6 Å². The minimum Gasteiger partial charge on any atom is -0.286 e. The molecule has 8 nitrogen and oxygen atoms in total. The molecule has 3 heterocycles. The summed E-state index contributed by atoms with van der Waals surface area (Å²) in [6, 6.07) is 18.3. The Hall–Kier alpha value is -3.08. The van der Waals surface area contributed by atoms with Crippen LogP contribution in [0.25, 0.3) is 10.2 Å². The number of nitrogens with zero attached hydrogens (tertiary/aromatic N) is 5. The van der Waals surface area contributed by atoms with E-state index in [1.165, 1.54) is 15.6 Å². The highest BCUT2D eigenvalue weighted by atomic mass is 32.2. The van der Waals surface area contributed by atoms with Crippen molar-refractivity contribution in [3.63, 3.8) is 0 Å². The van der Waals surface area contributed by atoms with Gasteiger partial charge < -0.3 is 0 Å². The first-order valence-corrected chi connectivity index (χ1v) is 14.3. The number of thiazole rings is 1. The van der Waals surface area contributed by atoms with Crippen molar-refractivity contribution < 1.29 is 13.2 Å². The van der Waals surface area contributed by atoms with Gasteiger partial charge in [-0.1, -0.05) is 41.7 Å². The Morgan fingerprint density at radius 3 is 2.58 bits per heavy atom. The number of anilines is 1. The fourth-order valence-electron chi connectivity index (χ4n) is 4.70. The highest BCUT2D eigenvalue weighted by molar-refractivity contribution is 7.89. The molecule has 1 unspecified atom stereocenters. The maximum atomic E-state index is 13.9. The van der Waals surface area contributed by atoms with E-state index >= 15 is 0 Å². The Balaban J connectivity index is 1.42. The summed E-state index contributed by atoms with van der Waals surface area (Å²) in [5.41, 5.74) is 2.81. The molecule has 1 aliphatic rings. The Morgan fingerprint density at radius 2 is 1.86 bits per heavy atom. The van der Waals surface area contributed by atoms with E-state index in [1.54, 1.807) is 35.2 Å². The zero-order chi connectivity index (χ0) is 25.3. The van der Waals surface area contributed by atoms with E-state index in [-0.39, 0.29) is 17.3 Å². The van der Waals surface area contributed by atoms with E-state index in [0.717, 1.165) is 21.6 Å². The van der Waals surface area contributed by atoms with Crippen LogP contribution >= 0.6 is 11.3 Å². The number of carbonyl (C=O) groups excluding carboxylic acids is 1. The summed E-state index contributed by atoms with van der Waals surface area (Å²) in [5.74, 6) is -0.534. The first-order chi connectivity index (χ1) is 17.3. The SMILES string of the molecule is Cc1cc(C)n(CCN(C(=O)C2CCCN(S(=O)(=O)c3ccccc3)C2)c2nc3ccccc3s2)n1. The van der Waals surface area contributed by atoms with Gasteiger partial charge in [0.2, 0.25) is 15.9 Å². The van der Waals surface area contributed by atoms with Crippen molar-refractivity contribution in [2.45, 2.75) is 38.1 Å². The van der Waals surface area contributed by atoms with Crippen molar-refractivity contribution >= 4 is 42.6 Å². The summed E-state index contributed by atoms with van der Waals surface area (Å²) in [5, 5.41) is 5.17. The fraction of sp³-hybridized carbons (Fsp3) is 0.346. The number of aromatic nitrogens is 3. The number of hydrogen-bond donors (Lipinski definition) is 0. The molecule has 5 rings (SSSR count). The number of para-hydroxylation sites is 1. The third kappa shape index (κ3) is 4.93. The molecule has 0 aliphatic carbocycles. The number of sulfonamides is 1. The van der Waals surface area contributed by atoms with Gasteiger partial charge in [0.25, 0.3) is 0 Å². The molecule has 0 saturated carbocycles. The zero-order valence-corrected chi connectivity index (χ0v) is 22.0. The highest BCUT2D eigenvalue weighted by Gasteiger charge is 2.36. The molecule has 4 aromatic rings. The second-order valence-electron chi connectivity index (χ2n) is 9.12. The van der Waals surface area contributed by atoms with Gasteiger partial charge >= 0.3 is 0 Å². The molecular weight excluding hydrogens is 494 g/mol. The minimum absolute atomic E-state index is 0.0939. The number of benzene rings is 2. The van der Waals surface area contributed by atoms with Crippen LogP contribution in [0.4, 0.5) is 5.13 Å². The summed E-state index contributed by atoms with van der Waals surface area (Å²) in [4.78, 5) is 20.7. The summed E-state index contributed by atoms with van der Waals surface area (Å²) >= 11 is 1.48. The summed E-state index contributed by atoms with van der Waals surface area (Å²) in [7, 11) is -3.66. The number of rotatable bonds is 7. The van der Waals surface area contributed by atoms with Crippen molar-refractivity contribution in [2.75, 3.05) is 24.5 Å². The Kier molecular flexibility index (Phi) is 6.92. The van der Waals surface area contributed by atoms with E-state index in [2.05, 4.69) is 5.10 Å². The molecule has 1 fully saturated rings. The van der Waals surface area contributed by atoms with Crippen LogP contribution in [-0.2, 0) is 21.4 Å². The molecule has 0 N–H and O–H groups in total. The van der Waals surface area contributed by atoms with Gasteiger partial charge in [-0.25, -0.2) is 13.4 Å². The van der Waals surface area contributed by atoms with Gasteiger partial charge in [0, 0.05) is 25.3 Å². The lowest BCUT2D eigenvalue weighted by molar-refractivity contribution is -0.123. The molecule has 1 amide bonds. The van der Waals surface area contributed by atoms with Crippen molar-refractivity contribution in [3.05, 3.63) is 72.1 Å². The molecular formula is C26H29N5O3S2. The van der Waals surface area contributed by atoms with Crippen molar-refractivity contribution in [1.82, 2.24) is 19.1 Å². The highest BCUT2D eigenvalue weighted by Crippen LogP contribution is 2.32. The third-order valence-electron chi connectivity index (χ3n) is 6.53. The monoisotopic (exact) mass is 523 g/mol. The van der Waals surface area contributed by atoms with Gasteiger partial charge in [-0.3, -0.25) is 14.4 Å². The molecule has 2 aromatic carbocycles. The standard InChI is InChI=1S/C26H29N5O3S2/c1-19-17-20(2)31(28-19)16-15-30(26-27-23-12-6-7-13-24(23)35-26)25(32)21-9-8-14-29(18-21)36(33,34)22-10-4-3-5-11-22/h3-7,10-13,17,21H,8-9,14-16,18H2,1-2H3. The molecule has 36 heavy (non-hydrogen) atoms. The largest absolute Gasteiger partial charge is 0.286 e. The predicted octanol–water partition coefficient (Wildman–Crippen LogP) is 4.24. The summed E-state index contributed by atoms with van der Waals surface area (Å²) in [6.45, 7) is 5.45. The average molecular weight is 524 g/mol. The minimum atomic E-state index is -3.66. The summed E-state index contributed by atoms with van der Waals surface area (Å²) < 4.78 is 30.8. The Morgan fingerprint density at radius 1 is 1.11 bits per heavy atom. The van der Waals surface area contributed by atoms with Crippen LogP contribution in [0.3, 0.4) is 0 Å². The van der Waals surface area contributed by atoms with Crippen LogP contribution in [-0.4, -0.2) is 53.0 Å². The second kappa shape index (κ2) is 10.1. The van der Waals surface area contributed by atoms with Gasteiger partial charge in [-0.2, -0.15) is 9.40 Å². The van der Waals surface area contributed by atoms with Gasteiger partial charge in [-0.15, -0.1) is 0 Å². The predicted molar refractivity (Wildman–Crippen MR) is 142 cm³/mol. The van der Waals surface area contributed by atoms with Gasteiger partial charge in [0.15, 0.2) is 5.13 Å². The maximum absolute atomic E-state index is 13.9. The van der Waals surface area contributed by atoms with Crippen LogP contribution in [0, 0.1) is 19.8 Å². The lowest BCUT2D eigenvalue weighted by atomic mass is 9.98. The lowest BCUT2D eigenvalue weighted by Gasteiger charge is -2.33. The molecule has 1 atom stereocenters. The van der Waals surface area contributed by atoms with Gasteiger partial charge in [0.05, 0.1) is 33.3 Å². The van der Waals surface area contributed by atoms with Crippen LogP contribution in [0.15, 0.2) is 65.6 Å². The van der Waals surface area contributed by atoms with Crippen LogP contribution in [0.2, 0.25) is 0 Å². The molecule has 1 aliphatic heterocycles. The van der Waals surface area contributed by atoms with E-state index < -0.39 is 15.9 Å². The van der Waals surface area contributed by atoms with Crippen molar-refractivity contribution in [1.29, 1.82) is 0 Å². The van der Waals surface area contributed by atoms with Gasteiger partial charge in [-0.05, 0) is 57.0 Å². The fourth-order valence-corrected chi connectivity index (χ4v) is 7.24. The first kappa shape index (κ1) is 24.6. The topological polar surface area (TPSA) is 88.4 Å². The second-order valence-corrected chi connectivity index (χ2v) is 12.1. The van der Waals surface area contributed by atoms with E-state index in [4.69, 9.17) is 4.98 Å². The van der Waals surface area contributed by atoms with Crippen LogP contribution in [0.1, 0.15) is 24.2 Å². The Labute approximate surface area is 215 Å². The number of aryl methyl sites for hydroxylation is 2. The lowest BCUT2D eigenvalue weighted by Crippen LogP contribution is -2.47. The molecule has 0 radical (unpaired) electrons. The van der Waals surface area contributed by atoms with Crippen molar-refractivity contribution in [2.24, 2.45) is 5.92 Å². The van der Waals surface area contributed by atoms with Gasteiger partial charge in [0.1, 0.15) is 0 Å². The van der Waals surface area contributed by atoms with E-state index in [9.17, 15) is 13.2 Å². The van der Waals surface area contributed by atoms with Crippen molar-refractivity contribution in [3.8, 4) is 0 Å².